The van der Waals surface area contributed by atoms with Crippen LogP contribution in [0.3, 0.4) is 0 Å². The van der Waals surface area contributed by atoms with Gasteiger partial charge in [-0.3, -0.25) is 14.2 Å². The number of hydrogen-bond acceptors (Lipinski definition) is 4. The van der Waals surface area contributed by atoms with E-state index in [1.807, 2.05) is 11.4 Å². The number of fused-ring (bicyclic) bond motifs is 1. The van der Waals surface area contributed by atoms with Crippen LogP contribution < -0.4 is 5.56 Å². The third kappa shape index (κ3) is 3.50. The molecular formula is C19H25N3O2S. The van der Waals surface area contributed by atoms with Crippen molar-refractivity contribution in [3.05, 3.63) is 28.1 Å². The molecule has 5 nitrogen and oxygen atoms in total. The normalized spacial score (nSPS) is 23.7. The van der Waals surface area contributed by atoms with Crippen LogP contribution in [0, 0.1) is 5.92 Å². The molecule has 2 heterocycles. The zero-order chi connectivity index (χ0) is 17.4. The molecule has 0 bridgehead atoms. The Morgan fingerprint density at radius 3 is 2.60 bits per heavy atom. The Balaban J connectivity index is 1.44. The van der Waals surface area contributed by atoms with Crippen LogP contribution in [0.5, 0.6) is 0 Å². The lowest BCUT2D eigenvalue weighted by molar-refractivity contribution is -0.135. The van der Waals surface area contributed by atoms with Crippen LogP contribution in [0.15, 0.2) is 22.6 Å². The number of carbonyl (C=O) groups excluding carboxylic acids is 1. The number of rotatable bonds is 5. The van der Waals surface area contributed by atoms with Crippen molar-refractivity contribution in [3.8, 4) is 0 Å². The number of nitrogens with zero attached hydrogens (tertiary/aromatic N) is 3. The Morgan fingerprint density at radius 1 is 1.24 bits per heavy atom. The summed E-state index contributed by atoms with van der Waals surface area (Å²) in [5, 5.41) is 2.54. The molecule has 134 valence electrons. The molecule has 2 aromatic heterocycles. The monoisotopic (exact) mass is 359 g/mol. The van der Waals surface area contributed by atoms with Gasteiger partial charge in [0.1, 0.15) is 4.83 Å². The van der Waals surface area contributed by atoms with E-state index in [1.165, 1.54) is 24.2 Å². The molecule has 6 heteroatoms. The maximum atomic E-state index is 12.9. The summed E-state index contributed by atoms with van der Waals surface area (Å²) < 4.78 is 1.58. The molecule has 25 heavy (non-hydrogen) atoms. The zero-order valence-electron chi connectivity index (χ0n) is 14.7. The van der Waals surface area contributed by atoms with Gasteiger partial charge in [-0.1, -0.05) is 6.92 Å². The van der Waals surface area contributed by atoms with Crippen LogP contribution in [-0.2, 0) is 11.3 Å². The summed E-state index contributed by atoms with van der Waals surface area (Å²) in [6.07, 6.45) is 8.95. The van der Waals surface area contributed by atoms with Crippen LogP contribution in [-0.4, -0.2) is 32.4 Å². The summed E-state index contributed by atoms with van der Waals surface area (Å²) in [5.41, 5.74) is -0.0384. The highest BCUT2D eigenvalue weighted by molar-refractivity contribution is 7.16. The van der Waals surface area contributed by atoms with Gasteiger partial charge >= 0.3 is 0 Å². The maximum Gasteiger partial charge on any atom is 0.262 e. The van der Waals surface area contributed by atoms with E-state index < -0.39 is 0 Å². The lowest BCUT2D eigenvalue weighted by atomic mass is 9.86. The predicted molar refractivity (Wildman–Crippen MR) is 99.8 cm³/mol. The molecular weight excluding hydrogens is 334 g/mol. The Kier molecular flexibility index (Phi) is 4.63. The Bertz CT molecular complexity index is 815. The number of thiophene rings is 1. The molecule has 0 unspecified atom stereocenters. The van der Waals surface area contributed by atoms with E-state index >= 15 is 0 Å². The molecule has 4 rings (SSSR count). The molecule has 0 atom stereocenters. The first kappa shape index (κ1) is 16.8. The minimum Gasteiger partial charge on any atom is -0.337 e. The van der Waals surface area contributed by atoms with E-state index in [4.69, 9.17) is 0 Å². The number of hydrogen-bond donors (Lipinski definition) is 0. The fraction of sp³-hybridized carbons (Fsp3) is 0.632. The first-order chi connectivity index (χ1) is 12.1. The van der Waals surface area contributed by atoms with Crippen molar-refractivity contribution >= 4 is 27.5 Å². The smallest absolute Gasteiger partial charge is 0.262 e. The lowest BCUT2D eigenvalue weighted by Crippen LogP contribution is -2.44. The predicted octanol–water partition coefficient (Wildman–Crippen LogP) is 3.42. The highest BCUT2D eigenvalue weighted by Crippen LogP contribution is 2.35. The van der Waals surface area contributed by atoms with E-state index in [-0.39, 0.29) is 11.5 Å². The number of aromatic nitrogens is 2. The van der Waals surface area contributed by atoms with Gasteiger partial charge < -0.3 is 4.90 Å². The summed E-state index contributed by atoms with van der Waals surface area (Å²) in [5.74, 6) is 0.994. The van der Waals surface area contributed by atoms with Crippen molar-refractivity contribution < 1.29 is 4.79 Å². The van der Waals surface area contributed by atoms with E-state index in [0.717, 1.165) is 36.4 Å². The Hall–Kier alpha value is -1.69. The van der Waals surface area contributed by atoms with Crippen molar-refractivity contribution in [1.82, 2.24) is 14.5 Å². The van der Waals surface area contributed by atoms with Gasteiger partial charge in [0.25, 0.3) is 5.56 Å². The van der Waals surface area contributed by atoms with Gasteiger partial charge in [0.2, 0.25) is 5.91 Å². The van der Waals surface area contributed by atoms with Gasteiger partial charge in [0, 0.05) is 25.0 Å². The fourth-order valence-corrected chi connectivity index (χ4v) is 4.70. The Labute approximate surface area is 151 Å². The topological polar surface area (TPSA) is 55.2 Å². The van der Waals surface area contributed by atoms with Gasteiger partial charge in [-0.15, -0.1) is 11.3 Å². The van der Waals surface area contributed by atoms with Crippen LogP contribution in [0.2, 0.25) is 0 Å². The molecule has 0 aliphatic heterocycles. The molecule has 2 aliphatic rings. The molecule has 0 saturated heterocycles. The highest BCUT2D eigenvalue weighted by Gasteiger charge is 2.38. The third-order valence-corrected chi connectivity index (χ3v) is 6.44. The highest BCUT2D eigenvalue weighted by atomic mass is 32.1. The third-order valence-electron chi connectivity index (χ3n) is 5.62. The first-order valence-corrected chi connectivity index (χ1v) is 10.2. The number of amides is 1. The van der Waals surface area contributed by atoms with Crippen molar-refractivity contribution in [1.29, 1.82) is 0 Å². The van der Waals surface area contributed by atoms with Crippen molar-refractivity contribution in [2.45, 2.75) is 70.5 Å². The quantitative estimate of drug-likeness (QED) is 0.822. The number of carbonyl (C=O) groups is 1. The lowest BCUT2D eigenvalue weighted by Gasteiger charge is -2.36. The zero-order valence-corrected chi connectivity index (χ0v) is 15.5. The number of aryl methyl sites for hydroxylation is 1. The molecule has 0 spiro atoms. The Morgan fingerprint density at radius 2 is 1.92 bits per heavy atom. The van der Waals surface area contributed by atoms with Gasteiger partial charge in [-0.2, -0.15) is 0 Å². The van der Waals surface area contributed by atoms with E-state index in [9.17, 15) is 9.59 Å². The summed E-state index contributed by atoms with van der Waals surface area (Å²) in [4.78, 5) is 32.6. The van der Waals surface area contributed by atoms with Gasteiger partial charge in [-0.05, 0) is 55.9 Å². The molecule has 0 radical (unpaired) electrons. The average molecular weight is 359 g/mol. The summed E-state index contributed by atoms with van der Waals surface area (Å²) >= 11 is 1.47. The minimum absolute atomic E-state index is 0.0384. The van der Waals surface area contributed by atoms with Crippen LogP contribution in [0.25, 0.3) is 10.2 Å². The molecule has 2 aromatic rings. The standard InChI is InChI=1S/C19H25N3O2S/c1-13-2-4-14(5-3-13)22(15-6-7-15)17(23)8-10-21-12-20-18-16(19(21)24)9-11-25-18/h9,11-15H,2-8,10H2,1H3. The van der Waals surface area contributed by atoms with Gasteiger partial charge in [0.05, 0.1) is 11.7 Å². The minimum atomic E-state index is -0.0384. The van der Waals surface area contributed by atoms with Crippen LogP contribution in [0.4, 0.5) is 0 Å². The van der Waals surface area contributed by atoms with Crippen LogP contribution >= 0.6 is 11.3 Å². The summed E-state index contributed by atoms with van der Waals surface area (Å²) in [6, 6.07) is 2.67. The van der Waals surface area contributed by atoms with E-state index in [0.29, 0.717) is 30.4 Å². The second-order valence-electron chi connectivity index (χ2n) is 7.58. The fourth-order valence-electron chi connectivity index (χ4n) is 3.98. The van der Waals surface area contributed by atoms with Crippen molar-refractivity contribution in [2.75, 3.05) is 0 Å². The van der Waals surface area contributed by atoms with E-state index in [2.05, 4.69) is 16.8 Å². The van der Waals surface area contributed by atoms with Crippen LogP contribution in [0.1, 0.15) is 51.9 Å². The summed E-state index contributed by atoms with van der Waals surface area (Å²) in [7, 11) is 0. The molecule has 1 amide bonds. The van der Waals surface area contributed by atoms with Gasteiger partial charge in [-0.25, -0.2) is 4.98 Å². The van der Waals surface area contributed by atoms with E-state index in [1.54, 1.807) is 10.9 Å². The maximum absolute atomic E-state index is 12.9. The molecule has 2 saturated carbocycles. The molecule has 0 N–H and O–H groups in total. The van der Waals surface area contributed by atoms with Crippen molar-refractivity contribution in [3.63, 3.8) is 0 Å². The SMILES string of the molecule is CC1CCC(N(C(=O)CCn2cnc3sccc3c2=O)C2CC2)CC1. The first-order valence-electron chi connectivity index (χ1n) is 9.37. The average Bonchev–Trinajstić information content (AvgIpc) is 3.31. The second kappa shape index (κ2) is 6.90. The summed E-state index contributed by atoms with van der Waals surface area (Å²) in [6.45, 7) is 2.72. The molecule has 2 fully saturated rings. The van der Waals surface area contributed by atoms with Crippen molar-refractivity contribution in [2.24, 2.45) is 5.92 Å². The molecule has 0 aromatic carbocycles. The largest absolute Gasteiger partial charge is 0.337 e. The second-order valence-corrected chi connectivity index (χ2v) is 8.47. The molecule has 2 aliphatic carbocycles. The van der Waals surface area contributed by atoms with Gasteiger partial charge in [0.15, 0.2) is 0 Å².